The molecule has 25 heavy (non-hydrogen) atoms. The number of amides is 1. The molecule has 8 nitrogen and oxygen atoms in total. The Balaban J connectivity index is 1.85. The Labute approximate surface area is 144 Å². The summed E-state index contributed by atoms with van der Waals surface area (Å²) >= 11 is 0. The minimum Gasteiger partial charge on any atom is -0.477 e. The van der Waals surface area contributed by atoms with Gasteiger partial charge >= 0.3 is 0 Å². The van der Waals surface area contributed by atoms with Crippen LogP contribution in [0.5, 0.6) is 5.88 Å². The van der Waals surface area contributed by atoms with E-state index in [-0.39, 0.29) is 11.8 Å². The van der Waals surface area contributed by atoms with Gasteiger partial charge in [-0.15, -0.1) is 0 Å². The second-order valence-electron chi connectivity index (χ2n) is 5.34. The molecule has 0 aliphatic rings. The van der Waals surface area contributed by atoms with Gasteiger partial charge in [-0.05, 0) is 39.0 Å². The third-order valence-electron chi connectivity index (χ3n) is 3.42. The number of rotatable bonds is 5. The van der Waals surface area contributed by atoms with Crippen molar-refractivity contribution >= 4 is 11.7 Å². The Morgan fingerprint density at radius 3 is 2.80 bits per heavy atom. The first-order chi connectivity index (χ1) is 12.1. The Kier molecular flexibility index (Phi) is 4.69. The summed E-state index contributed by atoms with van der Waals surface area (Å²) in [6.45, 7) is 6.10. The smallest absolute Gasteiger partial charge is 0.262 e. The normalized spacial score (nSPS) is 10.5. The van der Waals surface area contributed by atoms with E-state index in [1.54, 1.807) is 29.1 Å². The van der Waals surface area contributed by atoms with Crippen molar-refractivity contribution in [3.63, 3.8) is 0 Å². The first kappa shape index (κ1) is 16.6. The number of carbonyl (C=O) groups excluding carboxylic acids is 1. The third-order valence-corrected chi connectivity index (χ3v) is 3.42. The van der Waals surface area contributed by atoms with Crippen molar-refractivity contribution in [3.05, 3.63) is 53.7 Å². The lowest BCUT2D eigenvalue weighted by Gasteiger charge is -2.09. The van der Waals surface area contributed by atoms with Crippen LogP contribution in [0.3, 0.4) is 0 Å². The molecule has 0 aliphatic carbocycles. The maximum absolute atomic E-state index is 12.5. The lowest BCUT2D eigenvalue weighted by atomic mass is 10.2. The molecule has 0 radical (unpaired) electrons. The van der Waals surface area contributed by atoms with Crippen molar-refractivity contribution in [1.82, 2.24) is 24.7 Å². The summed E-state index contributed by atoms with van der Waals surface area (Å²) in [5.41, 5.74) is 2.17. The van der Waals surface area contributed by atoms with Crippen molar-refractivity contribution in [2.24, 2.45) is 0 Å². The standard InChI is InChI=1S/C17H18N6O2/c1-4-25-17-13(6-5-7-18-17)16(24)21-14-9-15(20-10-19-14)23-12(3)8-11(2)22-23/h5-10H,4H2,1-3H3,(H,19,20,21,24). The van der Waals surface area contributed by atoms with Crippen LogP contribution in [-0.4, -0.2) is 37.2 Å². The number of carbonyl (C=O) groups is 1. The summed E-state index contributed by atoms with van der Waals surface area (Å²) in [6, 6.07) is 6.94. The fourth-order valence-corrected chi connectivity index (χ4v) is 2.39. The van der Waals surface area contributed by atoms with Gasteiger partial charge in [0.25, 0.3) is 5.91 Å². The van der Waals surface area contributed by atoms with E-state index in [4.69, 9.17) is 4.74 Å². The number of hydrogen-bond donors (Lipinski definition) is 1. The molecular weight excluding hydrogens is 320 g/mol. The van der Waals surface area contributed by atoms with Crippen LogP contribution in [-0.2, 0) is 0 Å². The molecule has 8 heteroatoms. The largest absolute Gasteiger partial charge is 0.477 e. The maximum Gasteiger partial charge on any atom is 0.262 e. The van der Waals surface area contributed by atoms with Gasteiger partial charge in [0.05, 0.1) is 12.3 Å². The SMILES string of the molecule is CCOc1ncccc1C(=O)Nc1cc(-n2nc(C)cc2C)ncn1. The Morgan fingerprint density at radius 1 is 1.24 bits per heavy atom. The average molecular weight is 338 g/mol. The van der Waals surface area contributed by atoms with Gasteiger partial charge < -0.3 is 10.1 Å². The van der Waals surface area contributed by atoms with Gasteiger partial charge in [0.2, 0.25) is 5.88 Å². The van der Waals surface area contributed by atoms with Crippen LogP contribution in [0.4, 0.5) is 5.82 Å². The summed E-state index contributed by atoms with van der Waals surface area (Å²) in [5, 5.41) is 7.12. The molecule has 1 N–H and O–H groups in total. The molecule has 0 aliphatic heterocycles. The van der Waals surface area contributed by atoms with Gasteiger partial charge in [0.1, 0.15) is 17.7 Å². The number of nitrogens with one attached hydrogen (secondary N) is 1. The van der Waals surface area contributed by atoms with E-state index in [1.165, 1.54) is 6.33 Å². The molecule has 3 aromatic heterocycles. The zero-order chi connectivity index (χ0) is 17.8. The van der Waals surface area contributed by atoms with E-state index >= 15 is 0 Å². The minimum atomic E-state index is -0.352. The second-order valence-corrected chi connectivity index (χ2v) is 5.34. The van der Waals surface area contributed by atoms with E-state index < -0.39 is 0 Å². The zero-order valence-electron chi connectivity index (χ0n) is 14.2. The fourth-order valence-electron chi connectivity index (χ4n) is 2.39. The zero-order valence-corrected chi connectivity index (χ0v) is 14.2. The number of pyridine rings is 1. The highest BCUT2D eigenvalue weighted by Crippen LogP contribution is 2.17. The van der Waals surface area contributed by atoms with E-state index in [0.29, 0.717) is 23.8 Å². The molecule has 0 atom stereocenters. The molecule has 0 saturated heterocycles. The summed E-state index contributed by atoms with van der Waals surface area (Å²) in [5.74, 6) is 0.880. The summed E-state index contributed by atoms with van der Waals surface area (Å²) < 4.78 is 7.09. The van der Waals surface area contributed by atoms with Crippen molar-refractivity contribution < 1.29 is 9.53 Å². The molecule has 0 spiro atoms. The monoisotopic (exact) mass is 338 g/mol. The summed E-state index contributed by atoms with van der Waals surface area (Å²) in [4.78, 5) is 24.9. The van der Waals surface area contributed by atoms with Crippen molar-refractivity contribution in [2.75, 3.05) is 11.9 Å². The van der Waals surface area contributed by atoms with Gasteiger partial charge in [-0.1, -0.05) is 0 Å². The van der Waals surface area contributed by atoms with Crippen LogP contribution < -0.4 is 10.1 Å². The lowest BCUT2D eigenvalue weighted by Crippen LogP contribution is -2.16. The molecule has 3 rings (SSSR count). The predicted octanol–water partition coefficient (Wildman–Crippen LogP) is 2.33. The quantitative estimate of drug-likeness (QED) is 0.767. The fraction of sp³-hybridized carbons (Fsp3) is 0.235. The first-order valence-electron chi connectivity index (χ1n) is 7.83. The Bertz CT molecular complexity index is 906. The van der Waals surface area contributed by atoms with Crippen LogP contribution in [0.25, 0.3) is 5.82 Å². The molecular formula is C17H18N6O2. The van der Waals surface area contributed by atoms with Crippen molar-refractivity contribution in [2.45, 2.75) is 20.8 Å². The topological polar surface area (TPSA) is 94.8 Å². The third kappa shape index (κ3) is 3.63. The highest BCUT2D eigenvalue weighted by molar-refractivity contribution is 6.05. The van der Waals surface area contributed by atoms with Crippen molar-refractivity contribution in [3.8, 4) is 11.7 Å². The molecule has 0 fully saturated rings. The number of aryl methyl sites for hydroxylation is 2. The Hall–Kier alpha value is -3.29. The number of ether oxygens (including phenoxy) is 1. The van der Waals surface area contributed by atoms with E-state index in [9.17, 15) is 4.79 Å². The molecule has 1 amide bonds. The highest BCUT2D eigenvalue weighted by Gasteiger charge is 2.15. The minimum absolute atomic E-state index is 0.287. The number of aromatic nitrogens is 5. The molecule has 0 bridgehead atoms. The number of hydrogen-bond acceptors (Lipinski definition) is 6. The van der Waals surface area contributed by atoms with Crippen LogP contribution >= 0.6 is 0 Å². The van der Waals surface area contributed by atoms with Gasteiger partial charge in [0, 0.05) is 18.0 Å². The maximum atomic E-state index is 12.5. The number of nitrogens with zero attached hydrogens (tertiary/aromatic N) is 5. The van der Waals surface area contributed by atoms with Crippen LogP contribution in [0, 0.1) is 13.8 Å². The van der Waals surface area contributed by atoms with Crippen LogP contribution in [0.1, 0.15) is 28.7 Å². The molecule has 3 aromatic rings. The van der Waals surface area contributed by atoms with Gasteiger partial charge in [-0.3, -0.25) is 4.79 Å². The summed E-state index contributed by atoms with van der Waals surface area (Å²) in [7, 11) is 0. The molecule has 0 aromatic carbocycles. The van der Waals surface area contributed by atoms with Crippen LogP contribution in [0.2, 0.25) is 0 Å². The highest BCUT2D eigenvalue weighted by atomic mass is 16.5. The average Bonchev–Trinajstić information content (AvgIpc) is 2.94. The van der Waals surface area contributed by atoms with E-state index in [2.05, 4.69) is 25.4 Å². The molecule has 0 unspecified atom stereocenters. The molecule has 128 valence electrons. The molecule has 0 saturated carbocycles. The first-order valence-corrected chi connectivity index (χ1v) is 7.83. The van der Waals surface area contributed by atoms with Gasteiger partial charge in [-0.25, -0.2) is 19.6 Å². The Morgan fingerprint density at radius 2 is 2.08 bits per heavy atom. The second kappa shape index (κ2) is 7.08. The van der Waals surface area contributed by atoms with Gasteiger partial charge in [-0.2, -0.15) is 5.10 Å². The van der Waals surface area contributed by atoms with Crippen molar-refractivity contribution in [1.29, 1.82) is 0 Å². The van der Waals surface area contributed by atoms with E-state index in [0.717, 1.165) is 11.4 Å². The molecule has 3 heterocycles. The number of anilines is 1. The van der Waals surface area contributed by atoms with E-state index in [1.807, 2.05) is 26.8 Å². The van der Waals surface area contributed by atoms with Crippen LogP contribution in [0.15, 0.2) is 36.8 Å². The lowest BCUT2D eigenvalue weighted by molar-refractivity contribution is 0.102. The predicted molar refractivity (Wildman–Crippen MR) is 92.0 cm³/mol. The summed E-state index contributed by atoms with van der Waals surface area (Å²) in [6.07, 6.45) is 2.96. The van der Waals surface area contributed by atoms with Gasteiger partial charge in [0.15, 0.2) is 5.82 Å².